The molecule has 12 heteroatoms. The van der Waals surface area contributed by atoms with Crippen molar-refractivity contribution >= 4 is 11.2 Å². The van der Waals surface area contributed by atoms with Crippen LogP contribution >= 0.6 is 0 Å². The average molecular weight is 458 g/mol. The number of aromatic amines is 2. The monoisotopic (exact) mass is 458 g/mol. The molecule has 0 aliphatic rings. The van der Waals surface area contributed by atoms with E-state index in [-0.39, 0.29) is 23.5 Å². The summed E-state index contributed by atoms with van der Waals surface area (Å²) in [4.78, 5) is 34.4. The second kappa shape index (κ2) is 8.70. The number of hydrogen-bond acceptors (Lipinski definition) is 5. The summed E-state index contributed by atoms with van der Waals surface area (Å²) in [6.07, 6.45) is -0.915. The number of H-pyrrole nitrogens is 2. The lowest BCUT2D eigenvalue weighted by Crippen LogP contribution is -2.34. The number of halogens is 3. The van der Waals surface area contributed by atoms with E-state index in [1.807, 2.05) is 6.92 Å². The minimum atomic E-state index is -4.74. The number of fused-ring (bicyclic) bond motifs is 1. The molecule has 0 fully saturated rings. The van der Waals surface area contributed by atoms with Gasteiger partial charge in [0.25, 0.3) is 5.56 Å². The summed E-state index contributed by atoms with van der Waals surface area (Å²) >= 11 is 0. The second-order valence-electron chi connectivity index (χ2n) is 7.00. The summed E-state index contributed by atoms with van der Waals surface area (Å²) in [5.41, 5.74) is 0.502. The molecule has 0 spiro atoms. The Morgan fingerprint density at radius 2 is 1.91 bits per heavy atom. The number of nitrogens with one attached hydrogen (secondary N) is 2. The van der Waals surface area contributed by atoms with Crippen molar-refractivity contribution in [3.05, 3.63) is 63.1 Å². The van der Waals surface area contributed by atoms with Gasteiger partial charge in [-0.25, -0.2) is 9.78 Å². The van der Waals surface area contributed by atoms with E-state index in [1.165, 1.54) is 35.1 Å². The van der Waals surface area contributed by atoms with Crippen LogP contribution in [0.4, 0.5) is 13.2 Å². The van der Waals surface area contributed by atoms with Crippen LogP contribution in [0.2, 0.25) is 0 Å². The van der Waals surface area contributed by atoms with Crippen LogP contribution in [0.3, 0.4) is 0 Å². The summed E-state index contributed by atoms with van der Waals surface area (Å²) in [5.74, 6) is 5.75. The zero-order valence-corrected chi connectivity index (χ0v) is 17.2. The number of rotatable bonds is 5. The normalized spacial score (nSPS) is 11.4. The summed E-state index contributed by atoms with van der Waals surface area (Å²) < 4.78 is 43.1. The highest BCUT2D eigenvalue weighted by molar-refractivity contribution is 5.74. The second-order valence-corrected chi connectivity index (χ2v) is 7.00. The van der Waals surface area contributed by atoms with E-state index in [0.717, 1.165) is 4.57 Å². The quantitative estimate of drug-likeness (QED) is 0.447. The minimum Gasteiger partial charge on any atom is -0.406 e. The van der Waals surface area contributed by atoms with Gasteiger partial charge in [0, 0.05) is 18.3 Å². The number of hydrogen-bond donors (Lipinski definition) is 2. The van der Waals surface area contributed by atoms with Crippen molar-refractivity contribution < 1.29 is 17.9 Å². The number of nitrogens with zero attached hydrogens (tertiary/aromatic N) is 4. The predicted octanol–water partition coefficient (Wildman–Crippen LogP) is 2.64. The molecule has 9 nitrogen and oxygen atoms in total. The van der Waals surface area contributed by atoms with Gasteiger partial charge in [-0.05, 0) is 30.7 Å². The first-order valence-corrected chi connectivity index (χ1v) is 9.84. The molecular weight excluding hydrogens is 441 g/mol. The topological polar surface area (TPSA) is 111 Å². The van der Waals surface area contributed by atoms with Crippen molar-refractivity contribution in [1.29, 1.82) is 0 Å². The molecule has 0 aliphatic carbocycles. The highest BCUT2D eigenvalue weighted by Crippen LogP contribution is 2.22. The third-order valence-corrected chi connectivity index (χ3v) is 4.55. The van der Waals surface area contributed by atoms with E-state index >= 15 is 0 Å². The Morgan fingerprint density at radius 1 is 1.15 bits per heavy atom. The fourth-order valence-electron chi connectivity index (χ4n) is 3.11. The summed E-state index contributed by atoms with van der Waals surface area (Å²) in [6, 6.07) is 5.21. The van der Waals surface area contributed by atoms with Gasteiger partial charge in [-0.1, -0.05) is 18.8 Å². The number of alkyl halides is 3. The van der Waals surface area contributed by atoms with Gasteiger partial charge in [-0.2, -0.15) is 5.10 Å². The van der Waals surface area contributed by atoms with Gasteiger partial charge < -0.3 is 9.72 Å². The lowest BCUT2D eigenvalue weighted by Gasteiger charge is -2.07. The molecule has 3 heterocycles. The van der Waals surface area contributed by atoms with Gasteiger partial charge in [0.1, 0.15) is 23.6 Å². The first kappa shape index (κ1) is 21.9. The Morgan fingerprint density at radius 3 is 2.61 bits per heavy atom. The fraction of sp³-hybridized carbons (Fsp3) is 0.238. The highest BCUT2D eigenvalue weighted by atomic mass is 19.4. The van der Waals surface area contributed by atoms with Gasteiger partial charge in [0.05, 0.1) is 11.8 Å². The number of imidazole rings is 1. The Kier molecular flexibility index (Phi) is 5.78. The van der Waals surface area contributed by atoms with Crippen LogP contribution in [-0.4, -0.2) is 35.7 Å². The first-order valence-electron chi connectivity index (χ1n) is 9.84. The average Bonchev–Trinajstić information content (AvgIpc) is 3.38. The molecule has 2 N–H and O–H groups in total. The molecule has 0 saturated carbocycles. The van der Waals surface area contributed by atoms with Crippen LogP contribution in [0.5, 0.6) is 5.75 Å². The van der Waals surface area contributed by atoms with Crippen LogP contribution in [-0.2, 0) is 13.1 Å². The Balaban J connectivity index is 1.49. The lowest BCUT2D eigenvalue weighted by atomic mass is 10.2. The standard InChI is InChI=1S/C21H17F3N6O3/c1-2-9-30-19(31)16-18(28-20(30)32)27-17(26-16)14-11-25-29(12-14)10-3-4-13-5-7-15(8-6-13)33-21(22,23)24/h5-8,11-12H,2,9-10H2,1H3,(H,26,27)(H,28,32). The van der Waals surface area contributed by atoms with E-state index in [2.05, 4.69) is 36.6 Å². The Labute approximate surface area is 183 Å². The maximum absolute atomic E-state index is 12.5. The van der Waals surface area contributed by atoms with E-state index < -0.39 is 17.6 Å². The van der Waals surface area contributed by atoms with E-state index in [0.29, 0.717) is 29.9 Å². The van der Waals surface area contributed by atoms with Crippen molar-refractivity contribution in [1.82, 2.24) is 29.3 Å². The van der Waals surface area contributed by atoms with Gasteiger partial charge in [-0.15, -0.1) is 13.2 Å². The van der Waals surface area contributed by atoms with Crippen LogP contribution in [0.25, 0.3) is 22.6 Å². The predicted molar refractivity (Wildman–Crippen MR) is 112 cm³/mol. The maximum atomic E-state index is 12.5. The number of benzene rings is 1. The molecule has 1 aromatic carbocycles. The fourth-order valence-corrected chi connectivity index (χ4v) is 3.11. The highest BCUT2D eigenvalue weighted by Gasteiger charge is 2.30. The van der Waals surface area contributed by atoms with Gasteiger partial charge >= 0.3 is 12.1 Å². The molecule has 3 aromatic heterocycles. The largest absolute Gasteiger partial charge is 0.573 e. The summed E-state index contributed by atoms with van der Waals surface area (Å²) in [5, 5.41) is 4.19. The van der Waals surface area contributed by atoms with Crippen molar-refractivity contribution in [2.24, 2.45) is 0 Å². The summed E-state index contributed by atoms with van der Waals surface area (Å²) in [6.45, 7) is 2.37. The van der Waals surface area contributed by atoms with Gasteiger partial charge in [0.15, 0.2) is 5.65 Å². The Bertz CT molecular complexity index is 1470. The van der Waals surface area contributed by atoms with Crippen LogP contribution in [0.1, 0.15) is 18.9 Å². The zero-order chi connectivity index (χ0) is 23.6. The SMILES string of the molecule is CCCn1c(=O)[nH]c2nc(-c3cnn(CC#Cc4ccc(OC(F)(F)F)cc4)c3)[nH]c2c1=O. The molecule has 0 unspecified atom stereocenters. The summed E-state index contributed by atoms with van der Waals surface area (Å²) in [7, 11) is 0. The third-order valence-electron chi connectivity index (χ3n) is 4.55. The molecule has 4 rings (SSSR count). The van der Waals surface area contributed by atoms with Crippen molar-refractivity contribution in [2.45, 2.75) is 32.8 Å². The smallest absolute Gasteiger partial charge is 0.406 e. The molecule has 33 heavy (non-hydrogen) atoms. The molecule has 0 atom stereocenters. The van der Waals surface area contributed by atoms with Gasteiger partial charge in [0.2, 0.25) is 0 Å². The van der Waals surface area contributed by atoms with E-state index in [4.69, 9.17) is 0 Å². The molecule has 4 aromatic rings. The van der Waals surface area contributed by atoms with Crippen molar-refractivity contribution in [2.75, 3.05) is 0 Å². The lowest BCUT2D eigenvalue weighted by molar-refractivity contribution is -0.274. The van der Waals surface area contributed by atoms with Crippen molar-refractivity contribution in [3.63, 3.8) is 0 Å². The number of aromatic nitrogens is 6. The minimum absolute atomic E-state index is 0.165. The molecule has 0 bridgehead atoms. The first-order chi connectivity index (χ1) is 15.7. The Hall–Kier alpha value is -4.27. The number of ether oxygens (including phenoxy) is 1. The molecule has 0 radical (unpaired) electrons. The van der Waals surface area contributed by atoms with E-state index in [1.54, 1.807) is 6.20 Å². The van der Waals surface area contributed by atoms with Crippen molar-refractivity contribution in [3.8, 4) is 29.0 Å². The zero-order valence-electron chi connectivity index (χ0n) is 17.2. The molecular formula is C21H17F3N6O3. The third kappa shape index (κ3) is 4.98. The van der Waals surface area contributed by atoms with Crippen LogP contribution < -0.4 is 16.0 Å². The van der Waals surface area contributed by atoms with Gasteiger partial charge in [-0.3, -0.25) is 19.0 Å². The molecule has 0 saturated heterocycles. The van der Waals surface area contributed by atoms with Crippen LogP contribution in [0, 0.1) is 11.8 Å². The molecule has 0 amide bonds. The molecule has 170 valence electrons. The van der Waals surface area contributed by atoms with E-state index in [9.17, 15) is 22.8 Å². The molecule has 0 aliphatic heterocycles. The van der Waals surface area contributed by atoms with Crippen LogP contribution in [0.15, 0.2) is 46.2 Å². The maximum Gasteiger partial charge on any atom is 0.573 e.